The number of ether oxygens (including phenoxy) is 1. The van der Waals surface area contributed by atoms with Crippen LogP contribution >= 0.6 is 0 Å². The molecule has 1 aromatic carbocycles. The Kier molecular flexibility index (Phi) is 4.39. The first kappa shape index (κ1) is 17.3. The fourth-order valence-corrected chi connectivity index (χ4v) is 3.36. The summed E-state index contributed by atoms with van der Waals surface area (Å²) in [6, 6.07) is 12.0. The molecule has 1 amide bonds. The molecule has 0 saturated carbocycles. The maximum absolute atomic E-state index is 12.7. The van der Waals surface area contributed by atoms with E-state index in [1.807, 2.05) is 50.2 Å². The van der Waals surface area contributed by atoms with Gasteiger partial charge in [0.25, 0.3) is 5.91 Å². The summed E-state index contributed by atoms with van der Waals surface area (Å²) < 4.78 is 11.2. The predicted octanol–water partition coefficient (Wildman–Crippen LogP) is 3.70. The van der Waals surface area contributed by atoms with E-state index in [9.17, 15) is 4.79 Å². The van der Waals surface area contributed by atoms with Gasteiger partial charge in [0.1, 0.15) is 0 Å². The van der Waals surface area contributed by atoms with Crippen molar-refractivity contribution in [1.82, 2.24) is 14.9 Å². The molecule has 0 bridgehead atoms. The number of carbonyl (C=O) groups is 1. The summed E-state index contributed by atoms with van der Waals surface area (Å²) >= 11 is 0. The zero-order chi connectivity index (χ0) is 19.0. The van der Waals surface area contributed by atoms with Gasteiger partial charge in [0.05, 0.1) is 36.2 Å². The third-order valence-electron chi connectivity index (χ3n) is 4.79. The van der Waals surface area contributed by atoms with Crippen molar-refractivity contribution in [3.05, 3.63) is 65.3 Å². The Morgan fingerprint density at radius 2 is 2.00 bits per heavy atom. The number of pyridine rings is 1. The van der Waals surface area contributed by atoms with Crippen molar-refractivity contribution >= 4 is 5.91 Å². The largest absolute Gasteiger partial charge is 0.480 e. The summed E-state index contributed by atoms with van der Waals surface area (Å²) in [5.74, 6) is 1.01. The van der Waals surface area contributed by atoms with Crippen LogP contribution in [0.15, 0.2) is 47.2 Å². The lowest BCUT2D eigenvalue weighted by Gasteiger charge is -2.19. The van der Waals surface area contributed by atoms with Crippen LogP contribution < -0.4 is 4.74 Å². The lowest BCUT2D eigenvalue weighted by Crippen LogP contribution is -2.30. The predicted molar refractivity (Wildman–Crippen MR) is 101 cm³/mol. The van der Waals surface area contributed by atoms with Crippen LogP contribution in [0.4, 0.5) is 0 Å². The zero-order valence-electron chi connectivity index (χ0n) is 15.6. The number of amides is 1. The summed E-state index contributed by atoms with van der Waals surface area (Å²) in [6.07, 6.45) is 2.04. The van der Waals surface area contributed by atoms with Crippen LogP contribution in [-0.4, -0.2) is 33.9 Å². The number of fused-ring (bicyclic) bond motifs is 1. The minimum absolute atomic E-state index is 0.0134. The van der Waals surface area contributed by atoms with Crippen LogP contribution in [0.5, 0.6) is 5.88 Å². The standard InChI is InChI=1S/C21H21N3O3/c1-13(2)24-11-18-15(21(24)25)10-16(20(23-18)26-3)19-17(22-12-27-19)9-14-7-5-4-6-8-14/h4-8,10,12-13H,9,11H2,1-3H3. The van der Waals surface area contributed by atoms with Gasteiger partial charge in [-0.2, -0.15) is 0 Å². The van der Waals surface area contributed by atoms with E-state index < -0.39 is 0 Å². The quantitative estimate of drug-likeness (QED) is 0.691. The molecule has 3 aromatic rings. The van der Waals surface area contributed by atoms with Crippen molar-refractivity contribution in [3.63, 3.8) is 0 Å². The maximum Gasteiger partial charge on any atom is 0.256 e. The lowest BCUT2D eigenvalue weighted by atomic mass is 10.0. The highest BCUT2D eigenvalue weighted by atomic mass is 16.5. The van der Waals surface area contributed by atoms with Crippen LogP contribution in [0, 0.1) is 0 Å². The Labute approximate surface area is 157 Å². The molecular formula is C21H21N3O3. The molecule has 6 nitrogen and oxygen atoms in total. The van der Waals surface area contributed by atoms with Crippen LogP contribution in [0.25, 0.3) is 11.3 Å². The smallest absolute Gasteiger partial charge is 0.256 e. The van der Waals surface area contributed by atoms with Gasteiger partial charge in [0.2, 0.25) is 5.88 Å². The van der Waals surface area contributed by atoms with Gasteiger partial charge in [0.15, 0.2) is 12.2 Å². The van der Waals surface area contributed by atoms with Crippen molar-refractivity contribution in [2.75, 3.05) is 7.11 Å². The molecule has 4 rings (SSSR count). The molecule has 2 aromatic heterocycles. The van der Waals surface area contributed by atoms with Gasteiger partial charge >= 0.3 is 0 Å². The monoisotopic (exact) mass is 363 g/mol. The van der Waals surface area contributed by atoms with E-state index in [1.165, 1.54) is 6.39 Å². The van der Waals surface area contributed by atoms with Crippen molar-refractivity contribution in [2.45, 2.75) is 32.9 Å². The Morgan fingerprint density at radius 3 is 2.70 bits per heavy atom. The molecule has 0 saturated heterocycles. The number of nitrogens with zero attached hydrogens (tertiary/aromatic N) is 3. The molecule has 0 unspecified atom stereocenters. The number of aromatic nitrogens is 2. The zero-order valence-corrected chi connectivity index (χ0v) is 15.6. The first-order valence-corrected chi connectivity index (χ1v) is 8.94. The van der Waals surface area contributed by atoms with E-state index in [-0.39, 0.29) is 11.9 Å². The third kappa shape index (κ3) is 3.07. The highest BCUT2D eigenvalue weighted by Crippen LogP contribution is 2.36. The van der Waals surface area contributed by atoms with Crippen molar-refractivity contribution in [3.8, 4) is 17.2 Å². The molecule has 0 radical (unpaired) electrons. The number of rotatable bonds is 5. The highest BCUT2D eigenvalue weighted by molar-refractivity contribution is 5.99. The second-order valence-electron chi connectivity index (χ2n) is 6.86. The van der Waals surface area contributed by atoms with Crippen LogP contribution in [0.1, 0.15) is 41.2 Å². The van der Waals surface area contributed by atoms with Gasteiger partial charge < -0.3 is 14.1 Å². The Bertz CT molecular complexity index is 980. The van der Waals surface area contributed by atoms with E-state index in [0.717, 1.165) is 17.0 Å². The lowest BCUT2D eigenvalue weighted by molar-refractivity contribution is 0.0730. The second-order valence-corrected chi connectivity index (χ2v) is 6.86. The van der Waals surface area contributed by atoms with E-state index in [2.05, 4.69) is 9.97 Å². The summed E-state index contributed by atoms with van der Waals surface area (Å²) in [4.78, 5) is 23.5. The SMILES string of the molecule is COc1nc2c(cc1-c1ocnc1Cc1ccccc1)C(=O)N(C(C)C)C2. The normalized spacial score (nSPS) is 13.3. The number of benzene rings is 1. The van der Waals surface area contributed by atoms with E-state index in [4.69, 9.17) is 9.15 Å². The first-order valence-electron chi connectivity index (χ1n) is 8.94. The number of methoxy groups -OCH3 is 1. The second kappa shape index (κ2) is 6.87. The molecule has 1 aliphatic heterocycles. The van der Waals surface area contributed by atoms with E-state index >= 15 is 0 Å². The van der Waals surface area contributed by atoms with Crippen LogP contribution in [0.2, 0.25) is 0 Å². The summed E-state index contributed by atoms with van der Waals surface area (Å²) in [5, 5.41) is 0. The van der Waals surface area contributed by atoms with Gasteiger partial charge in [-0.3, -0.25) is 4.79 Å². The van der Waals surface area contributed by atoms with Crippen LogP contribution in [-0.2, 0) is 13.0 Å². The fraction of sp³-hybridized carbons (Fsp3) is 0.286. The number of oxazole rings is 1. The minimum atomic E-state index is -0.0134. The summed E-state index contributed by atoms with van der Waals surface area (Å²) in [6.45, 7) is 4.49. The minimum Gasteiger partial charge on any atom is -0.480 e. The molecule has 0 fully saturated rings. The van der Waals surface area contributed by atoms with Crippen LogP contribution in [0.3, 0.4) is 0 Å². The third-order valence-corrected chi connectivity index (χ3v) is 4.79. The Morgan fingerprint density at radius 1 is 1.22 bits per heavy atom. The molecule has 0 aliphatic carbocycles. The maximum atomic E-state index is 12.7. The van der Waals surface area contributed by atoms with Gasteiger partial charge in [0, 0.05) is 12.5 Å². The van der Waals surface area contributed by atoms with E-state index in [1.54, 1.807) is 12.0 Å². The van der Waals surface area contributed by atoms with Crippen molar-refractivity contribution < 1.29 is 13.9 Å². The molecule has 3 heterocycles. The van der Waals surface area contributed by atoms with E-state index in [0.29, 0.717) is 35.7 Å². The van der Waals surface area contributed by atoms with Gasteiger partial charge in [-0.05, 0) is 25.5 Å². The van der Waals surface area contributed by atoms with Gasteiger partial charge in [-0.25, -0.2) is 9.97 Å². The average molecular weight is 363 g/mol. The highest BCUT2D eigenvalue weighted by Gasteiger charge is 2.33. The average Bonchev–Trinajstić information content (AvgIpc) is 3.26. The van der Waals surface area contributed by atoms with Gasteiger partial charge in [-0.15, -0.1) is 0 Å². The summed E-state index contributed by atoms with van der Waals surface area (Å²) in [7, 11) is 1.57. The first-order chi connectivity index (χ1) is 13.1. The molecular weight excluding hydrogens is 342 g/mol. The molecule has 138 valence electrons. The number of hydrogen-bond acceptors (Lipinski definition) is 5. The molecule has 6 heteroatoms. The molecule has 1 aliphatic rings. The molecule has 0 N–H and O–H groups in total. The van der Waals surface area contributed by atoms with Gasteiger partial charge in [-0.1, -0.05) is 30.3 Å². The topological polar surface area (TPSA) is 68.5 Å². The molecule has 27 heavy (non-hydrogen) atoms. The molecule has 0 spiro atoms. The number of carbonyl (C=O) groups excluding carboxylic acids is 1. The Hall–Kier alpha value is -3.15. The summed E-state index contributed by atoms with van der Waals surface area (Å²) in [5.41, 5.74) is 3.90. The number of hydrogen-bond donors (Lipinski definition) is 0. The Balaban J connectivity index is 1.76. The fourth-order valence-electron chi connectivity index (χ4n) is 3.36. The molecule has 0 atom stereocenters. The van der Waals surface area contributed by atoms with Crippen molar-refractivity contribution in [1.29, 1.82) is 0 Å². The van der Waals surface area contributed by atoms with Crippen molar-refractivity contribution in [2.24, 2.45) is 0 Å².